The molecule has 1 fully saturated rings. The van der Waals surface area contributed by atoms with Gasteiger partial charge in [-0.3, -0.25) is 19.7 Å². The first-order valence-corrected chi connectivity index (χ1v) is 8.57. The number of carbonyl (C=O) groups excluding carboxylic acids is 2. The normalized spacial score (nSPS) is 12.9. The predicted molar refractivity (Wildman–Crippen MR) is 99.2 cm³/mol. The second kappa shape index (κ2) is 8.05. The third-order valence-corrected chi connectivity index (χ3v) is 4.10. The highest BCUT2D eigenvalue weighted by Crippen LogP contribution is 2.28. The van der Waals surface area contributed by atoms with Crippen molar-refractivity contribution in [3.8, 4) is 5.75 Å². The van der Waals surface area contributed by atoms with Crippen LogP contribution in [0.25, 0.3) is 0 Å². The highest BCUT2D eigenvalue weighted by molar-refractivity contribution is 6.32. The molecule has 0 radical (unpaired) electrons. The van der Waals surface area contributed by atoms with Crippen molar-refractivity contribution in [1.29, 1.82) is 0 Å². The summed E-state index contributed by atoms with van der Waals surface area (Å²) in [5.74, 6) is -0.471. The lowest BCUT2D eigenvalue weighted by Crippen LogP contribution is -2.25. The quantitative estimate of drug-likeness (QED) is 0.558. The Morgan fingerprint density at radius 2 is 2.00 bits per heavy atom. The molecule has 0 unspecified atom stereocenters. The maximum atomic E-state index is 12.1. The van der Waals surface area contributed by atoms with Crippen LogP contribution in [0.2, 0.25) is 5.02 Å². The number of nitrogens with zero attached hydrogens (tertiary/aromatic N) is 1. The number of hydrogen-bond acceptors (Lipinski definition) is 5. The Kier molecular flexibility index (Phi) is 5.56. The zero-order valence-corrected chi connectivity index (χ0v) is 14.9. The Labute approximate surface area is 159 Å². The second-order valence-corrected chi connectivity index (χ2v) is 6.44. The maximum absolute atomic E-state index is 12.1. The summed E-state index contributed by atoms with van der Waals surface area (Å²) in [6, 6.07) is 10.5. The summed E-state index contributed by atoms with van der Waals surface area (Å²) in [5.41, 5.74) is 0.749. The summed E-state index contributed by atoms with van der Waals surface area (Å²) in [4.78, 5) is 34.2. The number of anilines is 1. The standard InChI is InChI=1S/C18H16ClN3O5/c19-15-9-14(22(25)26)6-7-16(15)27-10-17(23)20-13-3-1-2-11(8-13)18(24)21-12-4-5-12/h1-3,6-9,12H,4-5,10H2,(H,20,23)(H,21,24). The van der Waals surface area contributed by atoms with Gasteiger partial charge in [0.25, 0.3) is 17.5 Å². The molecule has 2 aromatic carbocycles. The molecule has 0 bridgehead atoms. The number of amides is 2. The van der Waals surface area contributed by atoms with Gasteiger partial charge in [0.1, 0.15) is 5.75 Å². The van der Waals surface area contributed by atoms with Crippen molar-refractivity contribution in [2.45, 2.75) is 18.9 Å². The van der Waals surface area contributed by atoms with Crippen molar-refractivity contribution < 1.29 is 19.2 Å². The van der Waals surface area contributed by atoms with Crippen molar-refractivity contribution in [2.24, 2.45) is 0 Å². The number of non-ortho nitro benzene ring substituents is 1. The number of nitro benzene ring substituents is 1. The van der Waals surface area contributed by atoms with Crippen LogP contribution in [0.5, 0.6) is 5.75 Å². The zero-order chi connectivity index (χ0) is 19.4. The van der Waals surface area contributed by atoms with Crippen molar-refractivity contribution in [3.63, 3.8) is 0 Å². The average molecular weight is 390 g/mol. The van der Waals surface area contributed by atoms with E-state index in [0.717, 1.165) is 18.9 Å². The van der Waals surface area contributed by atoms with Crippen LogP contribution in [0.1, 0.15) is 23.2 Å². The van der Waals surface area contributed by atoms with E-state index >= 15 is 0 Å². The number of ether oxygens (including phenoxy) is 1. The van der Waals surface area contributed by atoms with E-state index in [-0.39, 0.29) is 35.0 Å². The highest BCUT2D eigenvalue weighted by Gasteiger charge is 2.23. The molecule has 0 aromatic heterocycles. The Bertz CT molecular complexity index is 898. The smallest absolute Gasteiger partial charge is 0.271 e. The minimum atomic E-state index is -0.575. The summed E-state index contributed by atoms with van der Waals surface area (Å²) >= 11 is 5.91. The van der Waals surface area contributed by atoms with E-state index in [0.29, 0.717) is 11.3 Å². The van der Waals surface area contributed by atoms with Crippen LogP contribution in [-0.2, 0) is 4.79 Å². The van der Waals surface area contributed by atoms with Gasteiger partial charge in [0, 0.05) is 29.4 Å². The monoisotopic (exact) mass is 389 g/mol. The summed E-state index contributed by atoms with van der Waals surface area (Å²) in [6.45, 7) is -0.337. The SMILES string of the molecule is O=C(COc1ccc([N+](=O)[O-])cc1Cl)Nc1cccc(C(=O)NC2CC2)c1. The van der Waals surface area contributed by atoms with Gasteiger partial charge in [0.2, 0.25) is 0 Å². The Morgan fingerprint density at radius 3 is 2.67 bits per heavy atom. The van der Waals surface area contributed by atoms with Gasteiger partial charge in [-0.2, -0.15) is 0 Å². The lowest BCUT2D eigenvalue weighted by Gasteiger charge is -2.10. The van der Waals surface area contributed by atoms with Crippen molar-refractivity contribution in [2.75, 3.05) is 11.9 Å². The first-order valence-electron chi connectivity index (χ1n) is 8.20. The molecular formula is C18H16ClN3O5. The number of carbonyl (C=O) groups is 2. The molecule has 1 aliphatic rings. The Morgan fingerprint density at radius 1 is 1.22 bits per heavy atom. The van der Waals surface area contributed by atoms with E-state index in [1.54, 1.807) is 24.3 Å². The molecule has 0 aliphatic heterocycles. The predicted octanol–water partition coefficient (Wildman–Crippen LogP) is 3.16. The number of rotatable bonds is 7. The number of nitrogens with one attached hydrogen (secondary N) is 2. The van der Waals surface area contributed by atoms with Crippen molar-refractivity contribution in [3.05, 3.63) is 63.2 Å². The molecule has 0 heterocycles. The van der Waals surface area contributed by atoms with Gasteiger partial charge in [0.05, 0.1) is 9.95 Å². The summed E-state index contributed by atoms with van der Waals surface area (Å²) < 4.78 is 5.30. The van der Waals surface area contributed by atoms with Crippen molar-refractivity contribution in [1.82, 2.24) is 5.32 Å². The fraction of sp³-hybridized carbons (Fsp3) is 0.222. The van der Waals surface area contributed by atoms with Gasteiger partial charge in [0.15, 0.2) is 6.61 Å². The van der Waals surface area contributed by atoms with Gasteiger partial charge in [-0.05, 0) is 37.1 Å². The molecule has 0 atom stereocenters. The molecule has 9 heteroatoms. The maximum Gasteiger partial charge on any atom is 0.271 e. The first kappa shape index (κ1) is 18.7. The molecule has 0 saturated heterocycles. The van der Waals surface area contributed by atoms with E-state index in [4.69, 9.17) is 16.3 Å². The number of nitro groups is 1. The van der Waals surface area contributed by atoms with Crippen LogP contribution in [-0.4, -0.2) is 29.4 Å². The van der Waals surface area contributed by atoms with Crippen LogP contribution < -0.4 is 15.4 Å². The fourth-order valence-electron chi connectivity index (χ4n) is 2.30. The molecule has 140 valence electrons. The molecular weight excluding hydrogens is 374 g/mol. The summed E-state index contributed by atoms with van der Waals surface area (Å²) in [7, 11) is 0. The molecule has 3 rings (SSSR count). The molecule has 1 saturated carbocycles. The highest BCUT2D eigenvalue weighted by atomic mass is 35.5. The number of hydrogen-bond donors (Lipinski definition) is 2. The lowest BCUT2D eigenvalue weighted by molar-refractivity contribution is -0.384. The minimum absolute atomic E-state index is 0.0377. The Hall–Kier alpha value is -3.13. The Balaban J connectivity index is 1.56. The molecule has 0 spiro atoms. The largest absolute Gasteiger partial charge is 0.482 e. The van der Waals surface area contributed by atoms with Gasteiger partial charge in [-0.25, -0.2) is 0 Å². The van der Waals surface area contributed by atoms with Crippen LogP contribution in [0.15, 0.2) is 42.5 Å². The minimum Gasteiger partial charge on any atom is -0.482 e. The molecule has 8 nitrogen and oxygen atoms in total. The number of benzene rings is 2. The lowest BCUT2D eigenvalue weighted by atomic mass is 10.2. The van der Waals surface area contributed by atoms with Crippen LogP contribution in [0.3, 0.4) is 0 Å². The second-order valence-electron chi connectivity index (χ2n) is 6.04. The van der Waals surface area contributed by atoms with Crippen LogP contribution >= 0.6 is 11.6 Å². The van der Waals surface area contributed by atoms with Gasteiger partial charge in [-0.1, -0.05) is 17.7 Å². The first-order chi connectivity index (χ1) is 12.9. The summed E-state index contributed by atoms with van der Waals surface area (Å²) in [6.07, 6.45) is 1.98. The van der Waals surface area contributed by atoms with E-state index in [9.17, 15) is 19.7 Å². The zero-order valence-electron chi connectivity index (χ0n) is 14.1. The molecule has 2 N–H and O–H groups in total. The third-order valence-electron chi connectivity index (χ3n) is 3.81. The summed E-state index contributed by atoms with van der Waals surface area (Å²) in [5, 5.41) is 16.2. The molecule has 27 heavy (non-hydrogen) atoms. The molecule has 2 amide bonds. The van der Waals surface area contributed by atoms with Gasteiger partial charge in [-0.15, -0.1) is 0 Å². The van der Waals surface area contributed by atoms with Gasteiger partial charge >= 0.3 is 0 Å². The topological polar surface area (TPSA) is 111 Å². The fourth-order valence-corrected chi connectivity index (χ4v) is 2.52. The number of halogens is 1. The van der Waals surface area contributed by atoms with Crippen LogP contribution in [0, 0.1) is 10.1 Å². The van der Waals surface area contributed by atoms with Crippen molar-refractivity contribution >= 4 is 34.8 Å². The molecule has 2 aromatic rings. The van der Waals surface area contributed by atoms with Gasteiger partial charge < -0.3 is 15.4 Å². The van der Waals surface area contributed by atoms with E-state index < -0.39 is 10.8 Å². The van der Waals surface area contributed by atoms with E-state index in [2.05, 4.69) is 10.6 Å². The third kappa shape index (κ3) is 5.18. The van der Waals surface area contributed by atoms with E-state index in [1.807, 2.05) is 0 Å². The van der Waals surface area contributed by atoms with E-state index in [1.165, 1.54) is 12.1 Å². The van der Waals surface area contributed by atoms with Crippen LogP contribution in [0.4, 0.5) is 11.4 Å². The molecule has 1 aliphatic carbocycles. The average Bonchev–Trinajstić information content (AvgIpc) is 3.44.